The number of hydrogen-bond acceptors (Lipinski definition) is 9. The van der Waals surface area contributed by atoms with Crippen LogP contribution < -0.4 is 15.9 Å². The van der Waals surface area contributed by atoms with Gasteiger partial charge in [0, 0.05) is 6.04 Å². The Hall–Kier alpha value is -2.60. The third kappa shape index (κ3) is 10.1. The van der Waals surface area contributed by atoms with E-state index in [9.17, 15) is 19.3 Å². The predicted molar refractivity (Wildman–Crippen MR) is 149 cm³/mol. The fraction of sp³-hybridized carbons (Fsp3) is 0.720. The van der Waals surface area contributed by atoms with Gasteiger partial charge in [-0.15, -0.1) is 0 Å². The highest BCUT2D eigenvalue weighted by molar-refractivity contribution is 7.59. The summed E-state index contributed by atoms with van der Waals surface area (Å²) < 4.78 is 27.4. The number of carbonyl (C=O) groups excluding carboxylic acids is 1. The summed E-state index contributed by atoms with van der Waals surface area (Å²) in [5.41, 5.74) is 5.56. The number of aliphatic carboxylic acids is 1. The monoisotopic (exact) mass is 569 g/mol. The molecule has 0 aliphatic heterocycles. The van der Waals surface area contributed by atoms with Crippen molar-refractivity contribution in [1.29, 1.82) is 0 Å². The standard InChI is InChI=1S/C25H44N7O6P/c1-7-8-9-10-11-37-24(35)25(5,6)31-39(36,30-19(17(2)3)12-20(33)34)16-38-18(4)13-32-15-29-21-22(26)27-14-28-23(21)32/h14-15,17-19H,7-13,16H2,1-6H3,(H,33,34)(H2,26,27,28)(H2,30,31,36)/t18-,19+,39+/m1/s1. The zero-order valence-corrected chi connectivity index (χ0v) is 24.7. The first-order chi connectivity index (χ1) is 18.3. The Balaban J connectivity index is 2.16. The second-order valence-electron chi connectivity index (χ2n) is 10.7. The van der Waals surface area contributed by atoms with Crippen LogP contribution in [-0.2, 0) is 30.2 Å². The van der Waals surface area contributed by atoms with E-state index in [0.717, 1.165) is 25.7 Å². The number of imidazole rings is 1. The Morgan fingerprint density at radius 3 is 2.54 bits per heavy atom. The van der Waals surface area contributed by atoms with Gasteiger partial charge in [-0.2, -0.15) is 0 Å². The molecule has 2 aromatic rings. The highest BCUT2D eigenvalue weighted by Gasteiger charge is 2.39. The number of nitrogens with two attached hydrogens (primary N) is 1. The van der Waals surface area contributed by atoms with E-state index in [1.807, 2.05) is 13.8 Å². The maximum atomic E-state index is 14.2. The molecule has 0 unspecified atom stereocenters. The van der Waals surface area contributed by atoms with Crippen molar-refractivity contribution in [2.24, 2.45) is 5.92 Å². The van der Waals surface area contributed by atoms with Gasteiger partial charge in [0.05, 0.1) is 32.0 Å². The van der Waals surface area contributed by atoms with Crippen LogP contribution in [0.1, 0.15) is 73.6 Å². The summed E-state index contributed by atoms with van der Waals surface area (Å²) in [5, 5.41) is 15.3. The summed E-state index contributed by atoms with van der Waals surface area (Å²) in [6, 6.07) is -0.627. The van der Waals surface area contributed by atoms with Gasteiger partial charge in [-0.25, -0.2) is 25.1 Å². The predicted octanol–water partition coefficient (Wildman–Crippen LogP) is 3.54. The van der Waals surface area contributed by atoms with Gasteiger partial charge in [-0.1, -0.05) is 40.0 Å². The molecule has 13 nitrogen and oxygen atoms in total. The minimum Gasteiger partial charge on any atom is -0.481 e. The minimum atomic E-state index is -3.67. The lowest BCUT2D eigenvalue weighted by atomic mass is 10.0. The van der Waals surface area contributed by atoms with Crippen molar-refractivity contribution in [1.82, 2.24) is 29.7 Å². The van der Waals surface area contributed by atoms with Crippen molar-refractivity contribution in [3.8, 4) is 0 Å². The van der Waals surface area contributed by atoms with E-state index in [2.05, 4.69) is 32.1 Å². The number of ether oxygens (including phenoxy) is 2. The Labute approximate surface area is 230 Å². The molecule has 2 aromatic heterocycles. The van der Waals surface area contributed by atoms with Crippen molar-refractivity contribution >= 4 is 36.4 Å². The second-order valence-corrected chi connectivity index (χ2v) is 12.9. The highest BCUT2D eigenvalue weighted by Crippen LogP contribution is 2.41. The number of nitrogens with one attached hydrogen (secondary N) is 2. The molecule has 39 heavy (non-hydrogen) atoms. The summed E-state index contributed by atoms with van der Waals surface area (Å²) in [5.74, 6) is -1.45. The second kappa shape index (κ2) is 14.7. The molecule has 0 radical (unpaired) electrons. The van der Waals surface area contributed by atoms with E-state index >= 15 is 0 Å². The van der Waals surface area contributed by atoms with Gasteiger partial charge in [-0.05, 0) is 33.1 Å². The Morgan fingerprint density at radius 2 is 1.90 bits per heavy atom. The summed E-state index contributed by atoms with van der Waals surface area (Å²) in [4.78, 5) is 36.8. The van der Waals surface area contributed by atoms with Crippen LogP contribution in [0.2, 0.25) is 0 Å². The first-order valence-electron chi connectivity index (χ1n) is 13.4. The van der Waals surface area contributed by atoms with Gasteiger partial charge in [0.2, 0.25) is 7.44 Å². The van der Waals surface area contributed by atoms with Crippen molar-refractivity contribution in [3.63, 3.8) is 0 Å². The average Bonchev–Trinajstić information content (AvgIpc) is 3.25. The molecule has 3 atom stereocenters. The molecule has 0 aliphatic carbocycles. The van der Waals surface area contributed by atoms with Crippen LogP contribution in [-0.4, -0.2) is 67.2 Å². The number of anilines is 1. The maximum absolute atomic E-state index is 14.2. The number of unbranched alkanes of at least 4 members (excludes halogenated alkanes) is 3. The third-order valence-electron chi connectivity index (χ3n) is 6.20. The van der Waals surface area contributed by atoms with E-state index in [1.165, 1.54) is 6.33 Å². The van der Waals surface area contributed by atoms with Crippen LogP contribution in [0, 0.1) is 5.92 Å². The molecule has 0 bridgehead atoms. The van der Waals surface area contributed by atoms with Crippen molar-refractivity contribution < 1.29 is 28.7 Å². The largest absolute Gasteiger partial charge is 0.481 e. The minimum absolute atomic E-state index is 0.148. The van der Waals surface area contributed by atoms with Crippen LogP contribution in [0.5, 0.6) is 0 Å². The molecule has 14 heteroatoms. The fourth-order valence-electron chi connectivity index (χ4n) is 3.95. The van der Waals surface area contributed by atoms with Crippen LogP contribution in [0.25, 0.3) is 11.2 Å². The third-order valence-corrected chi connectivity index (χ3v) is 8.38. The number of carboxylic acids is 1. The SMILES string of the molecule is CCCCCCOC(=O)C(C)(C)N[P@](=O)(CO[C@H](C)Cn1cnc2c(N)ncnc21)N[C@@H](CC(=O)O)C(C)C. The highest BCUT2D eigenvalue weighted by atomic mass is 31.2. The molecule has 0 saturated heterocycles. The number of nitrogen functional groups attached to an aromatic ring is 1. The lowest BCUT2D eigenvalue weighted by Gasteiger charge is -2.34. The first-order valence-corrected chi connectivity index (χ1v) is 15.3. The Morgan fingerprint density at radius 1 is 1.18 bits per heavy atom. The van der Waals surface area contributed by atoms with Crippen molar-refractivity contribution in [2.45, 2.75) is 97.9 Å². The van der Waals surface area contributed by atoms with Gasteiger partial charge in [0.25, 0.3) is 0 Å². The quantitative estimate of drug-likeness (QED) is 0.116. The van der Waals surface area contributed by atoms with Gasteiger partial charge in [0.1, 0.15) is 23.7 Å². The van der Waals surface area contributed by atoms with Gasteiger partial charge in [-0.3, -0.25) is 14.2 Å². The van der Waals surface area contributed by atoms with Crippen molar-refractivity contribution in [3.05, 3.63) is 12.7 Å². The van der Waals surface area contributed by atoms with Gasteiger partial charge < -0.3 is 24.9 Å². The Kier molecular flexibility index (Phi) is 12.3. The molecule has 2 heterocycles. The number of rotatable bonds is 18. The summed E-state index contributed by atoms with van der Waals surface area (Å²) >= 11 is 0. The molecule has 0 amide bonds. The molecule has 0 aromatic carbocycles. The molecule has 5 N–H and O–H groups in total. The normalized spacial score (nSPS) is 15.3. The Bertz CT molecular complexity index is 1140. The lowest BCUT2D eigenvalue weighted by Crippen LogP contribution is -2.50. The van der Waals surface area contributed by atoms with Crippen LogP contribution in [0.15, 0.2) is 12.7 Å². The zero-order chi connectivity index (χ0) is 29.2. The molecule has 220 valence electrons. The number of fused-ring (bicyclic) bond motifs is 1. The van der Waals surface area contributed by atoms with E-state index in [0.29, 0.717) is 17.7 Å². The number of aromatic nitrogens is 4. The average molecular weight is 570 g/mol. The number of esters is 1. The van der Waals surface area contributed by atoms with Gasteiger partial charge >= 0.3 is 11.9 Å². The number of carboxylic acid groups (broad SMARTS) is 1. The lowest BCUT2D eigenvalue weighted by molar-refractivity contribution is -0.149. The molecule has 0 saturated carbocycles. The van der Waals surface area contributed by atoms with E-state index in [1.54, 1.807) is 31.7 Å². The number of nitrogens with zero attached hydrogens (tertiary/aromatic N) is 4. The molecule has 0 aliphatic rings. The van der Waals surface area contributed by atoms with E-state index in [-0.39, 0.29) is 31.1 Å². The smallest absolute Gasteiger partial charge is 0.326 e. The molecular weight excluding hydrogens is 525 g/mol. The summed E-state index contributed by atoms with van der Waals surface area (Å²) in [6.45, 7) is 11.3. The van der Waals surface area contributed by atoms with Crippen molar-refractivity contribution in [2.75, 3.05) is 18.7 Å². The van der Waals surface area contributed by atoms with Gasteiger partial charge in [0.15, 0.2) is 11.5 Å². The number of hydrogen-bond donors (Lipinski definition) is 4. The first kappa shape index (κ1) is 32.6. The zero-order valence-electron chi connectivity index (χ0n) is 23.8. The fourth-order valence-corrected chi connectivity index (χ4v) is 6.54. The van der Waals surface area contributed by atoms with Crippen LogP contribution in [0.4, 0.5) is 5.82 Å². The summed E-state index contributed by atoms with van der Waals surface area (Å²) in [7, 11) is -3.67. The molecule has 0 fully saturated rings. The summed E-state index contributed by atoms with van der Waals surface area (Å²) in [6.07, 6.45) is 5.77. The molecule has 2 rings (SSSR count). The molecular formula is C25H44N7O6P. The molecule has 0 spiro atoms. The topological polar surface area (TPSA) is 184 Å². The van der Waals surface area contributed by atoms with E-state index < -0.39 is 37.1 Å². The van der Waals surface area contributed by atoms with Crippen LogP contribution in [0.3, 0.4) is 0 Å². The van der Waals surface area contributed by atoms with Crippen LogP contribution >= 0.6 is 7.44 Å². The maximum Gasteiger partial charge on any atom is 0.326 e. The van der Waals surface area contributed by atoms with E-state index in [4.69, 9.17) is 15.2 Å². The number of carbonyl (C=O) groups is 2.